The molecular formula is C14H11IN2O3S. The predicted octanol–water partition coefficient (Wildman–Crippen LogP) is 3.46. The van der Waals surface area contributed by atoms with Crippen LogP contribution in [0.1, 0.15) is 20.8 Å². The summed E-state index contributed by atoms with van der Waals surface area (Å²) in [4.78, 5) is 26.1. The van der Waals surface area contributed by atoms with Gasteiger partial charge in [-0.05, 0) is 52.1 Å². The van der Waals surface area contributed by atoms with Crippen LogP contribution in [0.4, 0.5) is 5.69 Å². The molecular weight excluding hydrogens is 403 g/mol. The number of non-ortho nitro benzene ring substituents is 1. The molecule has 1 aromatic heterocycles. The van der Waals surface area contributed by atoms with Gasteiger partial charge < -0.3 is 4.90 Å². The van der Waals surface area contributed by atoms with E-state index in [0.29, 0.717) is 18.7 Å². The molecule has 0 radical (unpaired) electrons. The number of fused-ring (bicyclic) bond motifs is 1. The summed E-state index contributed by atoms with van der Waals surface area (Å²) in [6.45, 7) is 1.24. The van der Waals surface area contributed by atoms with Crippen LogP contribution in [-0.2, 0) is 13.0 Å². The first-order chi connectivity index (χ1) is 10.1. The number of nitro benzene ring substituents is 1. The zero-order chi connectivity index (χ0) is 15.0. The Bertz CT molecular complexity index is 729. The fourth-order valence-corrected chi connectivity index (χ4v) is 3.84. The van der Waals surface area contributed by atoms with Gasteiger partial charge in [-0.1, -0.05) is 0 Å². The van der Waals surface area contributed by atoms with Crippen molar-refractivity contribution in [2.75, 3.05) is 6.54 Å². The molecule has 0 spiro atoms. The molecule has 0 saturated carbocycles. The van der Waals surface area contributed by atoms with Crippen LogP contribution >= 0.6 is 33.9 Å². The monoisotopic (exact) mass is 414 g/mol. The Morgan fingerprint density at radius 3 is 2.95 bits per heavy atom. The van der Waals surface area contributed by atoms with Gasteiger partial charge in [-0.25, -0.2) is 0 Å². The van der Waals surface area contributed by atoms with Crippen molar-refractivity contribution < 1.29 is 9.72 Å². The van der Waals surface area contributed by atoms with E-state index >= 15 is 0 Å². The molecule has 2 aromatic rings. The number of nitro groups is 1. The quantitative estimate of drug-likeness (QED) is 0.430. The highest BCUT2D eigenvalue weighted by molar-refractivity contribution is 14.1. The van der Waals surface area contributed by atoms with E-state index in [1.807, 2.05) is 34.0 Å². The summed E-state index contributed by atoms with van der Waals surface area (Å²) in [6.07, 6.45) is 0.851. The Kier molecular flexibility index (Phi) is 3.94. The van der Waals surface area contributed by atoms with Gasteiger partial charge in [0.25, 0.3) is 11.6 Å². The second kappa shape index (κ2) is 5.72. The van der Waals surface area contributed by atoms with Crippen molar-refractivity contribution >= 4 is 45.5 Å². The number of hydrogen-bond donors (Lipinski definition) is 0. The molecule has 1 aliphatic heterocycles. The highest BCUT2D eigenvalue weighted by Crippen LogP contribution is 2.27. The molecule has 0 bridgehead atoms. The first-order valence-corrected chi connectivity index (χ1v) is 8.30. The van der Waals surface area contributed by atoms with Gasteiger partial charge in [-0.2, -0.15) is 0 Å². The number of benzene rings is 1. The first kappa shape index (κ1) is 14.5. The fourth-order valence-electron chi connectivity index (χ4n) is 2.38. The SMILES string of the molecule is O=C(c1cc([N+](=O)[O-])ccc1I)N1CCc2sccc2C1. The van der Waals surface area contributed by atoms with Crippen LogP contribution in [0.2, 0.25) is 0 Å². The van der Waals surface area contributed by atoms with E-state index in [0.717, 1.165) is 9.99 Å². The van der Waals surface area contributed by atoms with E-state index in [-0.39, 0.29) is 11.6 Å². The fraction of sp³-hybridized carbons (Fsp3) is 0.214. The number of halogens is 1. The Labute approximate surface area is 138 Å². The van der Waals surface area contributed by atoms with Gasteiger partial charge in [0.2, 0.25) is 0 Å². The van der Waals surface area contributed by atoms with Crippen LogP contribution in [0.5, 0.6) is 0 Å². The minimum Gasteiger partial charge on any atom is -0.334 e. The van der Waals surface area contributed by atoms with Gasteiger partial charge in [0, 0.05) is 33.7 Å². The van der Waals surface area contributed by atoms with Gasteiger partial charge in [0.15, 0.2) is 0 Å². The van der Waals surface area contributed by atoms with Crippen molar-refractivity contribution in [2.24, 2.45) is 0 Å². The molecule has 0 saturated heterocycles. The van der Waals surface area contributed by atoms with Crippen LogP contribution in [0.25, 0.3) is 0 Å². The molecule has 0 unspecified atom stereocenters. The summed E-state index contributed by atoms with van der Waals surface area (Å²) in [7, 11) is 0. The van der Waals surface area contributed by atoms with Crippen LogP contribution in [-0.4, -0.2) is 22.3 Å². The smallest absolute Gasteiger partial charge is 0.270 e. The van der Waals surface area contributed by atoms with Crippen LogP contribution in [0, 0.1) is 13.7 Å². The van der Waals surface area contributed by atoms with Crippen LogP contribution in [0.3, 0.4) is 0 Å². The van der Waals surface area contributed by atoms with Gasteiger partial charge in [0.1, 0.15) is 0 Å². The standard InChI is InChI=1S/C14H11IN2O3S/c15-12-2-1-10(17(19)20)7-11(12)14(18)16-5-3-13-9(8-16)4-6-21-13/h1-2,4,6-7H,3,5,8H2. The number of rotatable bonds is 2. The molecule has 21 heavy (non-hydrogen) atoms. The molecule has 0 aliphatic carbocycles. The van der Waals surface area contributed by atoms with Crippen LogP contribution < -0.4 is 0 Å². The molecule has 1 aliphatic rings. The molecule has 1 amide bonds. The average molecular weight is 414 g/mol. The molecule has 0 atom stereocenters. The second-order valence-corrected chi connectivity index (χ2v) is 6.93. The third kappa shape index (κ3) is 2.80. The third-order valence-corrected chi connectivity index (χ3v) is 5.45. The minimum atomic E-state index is -0.472. The summed E-state index contributed by atoms with van der Waals surface area (Å²) in [6, 6.07) is 6.45. The van der Waals surface area contributed by atoms with E-state index in [1.54, 1.807) is 22.3 Å². The van der Waals surface area contributed by atoms with Gasteiger partial charge >= 0.3 is 0 Å². The Morgan fingerprint density at radius 1 is 1.38 bits per heavy atom. The second-order valence-electron chi connectivity index (χ2n) is 4.77. The molecule has 5 nitrogen and oxygen atoms in total. The summed E-state index contributed by atoms with van der Waals surface area (Å²) in [5, 5.41) is 12.9. The van der Waals surface area contributed by atoms with Crippen molar-refractivity contribution in [3.8, 4) is 0 Å². The summed E-state index contributed by atoms with van der Waals surface area (Å²) in [5.41, 5.74) is 1.54. The zero-order valence-electron chi connectivity index (χ0n) is 10.9. The molecule has 108 valence electrons. The van der Waals surface area contributed by atoms with Crippen molar-refractivity contribution in [1.29, 1.82) is 0 Å². The van der Waals surface area contributed by atoms with E-state index in [4.69, 9.17) is 0 Å². The van der Waals surface area contributed by atoms with Crippen molar-refractivity contribution in [2.45, 2.75) is 13.0 Å². The van der Waals surface area contributed by atoms with Crippen LogP contribution in [0.15, 0.2) is 29.6 Å². The Balaban J connectivity index is 1.89. The Hall–Kier alpha value is -1.48. The highest BCUT2D eigenvalue weighted by Gasteiger charge is 2.25. The van der Waals surface area contributed by atoms with E-state index in [1.165, 1.54) is 22.6 Å². The average Bonchev–Trinajstić information content (AvgIpc) is 2.94. The van der Waals surface area contributed by atoms with E-state index in [2.05, 4.69) is 0 Å². The lowest BCUT2D eigenvalue weighted by Gasteiger charge is -2.27. The molecule has 0 fully saturated rings. The topological polar surface area (TPSA) is 63.4 Å². The lowest BCUT2D eigenvalue weighted by atomic mass is 10.1. The molecule has 3 rings (SSSR count). The first-order valence-electron chi connectivity index (χ1n) is 6.34. The lowest BCUT2D eigenvalue weighted by molar-refractivity contribution is -0.384. The van der Waals surface area contributed by atoms with Gasteiger partial charge in [-0.15, -0.1) is 11.3 Å². The molecule has 2 heterocycles. The number of nitrogens with zero attached hydrogens (tertiary/aromatic N) is 2. The maximum absolute atomic E-state index is 12.6. The predicted molar refractivity (Wildman–Crippen MR) is 88.6 cm³/mol. The molecule has 0 N–H and O–H groups in total. The summed E-state index contributed by atoms with van der Waals surface area (Å²) in [5.74, 6) is -0.139. The van der Waals surface area contributed by atoms with Gasteiger partial charge in [-0.3, -0.25) is 14.9 Å². The van der Waals surface area contributed by atoms with Gasteiger partial charge in [0.05, 0.1) is 10.5 Å². The third-order valence-electron chi connectivity index (χ3n) is 3.49. The summed E-state index contributed by atoms with van der Waals surface area (Å²) < 4.78 is 0.735. The van der Waals surface area contributed by atoms with Crippen molar-refractivity contribution in [3.05, 3.63) is 59.3 Å². The number of carbonyl (C=O) groups excluding carboxylic acids is 1. The summed E-state index contributed by atoms with van der Waals surface area (Å²) >= 11 is 3.76. The number of carbonyl (C=O) groups is 1. The van der Waals surface area contributed by atoms with Crippen molar-refractivity contribution in [3.63, 3.8) is 0 Å². The van der Waals surface area contributed by atoms with E-state index in [9.17, 15) is 14.9 Å². The largest absolute Gasteiger partial charge is 0.334 e. The maximum Gasteiger partial charge on any atom is 0.270 e. The molecule has 7 heteroatoms. The number of thiophene rings is 1. The Morgan fingerprint density at radius 2 is 2.19 bits per heavy atom. The zero-order valence-corrected chi connectivity index (χ0v) is 13.9. The highest BCUT2D eigenvalue weighted by atomic mass is 127. The number of hydrogen-bond acceptors (Lipinski definition) is 4. The number of amides is 1. The maximum atomic E-state index is 12.6. The minimum absolute atomic E-state index is 0.0491. The normalized spacial score (nSPS) is 13.9. The van der Waals surface area contributed by atoms with E-state index < -0.39 is 4.92 Å². The lowest BCUT2D eigenvalue weighted by Crippen LogP contribution is -2.35. The molecule has 1 aromatic carbocycles. The van der Waals surface area contributed by atoms with Crippen molar-refractivity contribution in [1.82, 2.24) is 4.90 Å².